The van der Waals surface area contributed by atoms with Gasteiger partial charge in [0.05, 0.1) is 7.11 Å². The van der Waals surface area contributed by atoms with Gasteiger partial charge in [-0.2, -0.15) is 0 Å². The van der Waals surface area contributed by atoms with E-state index in [1.165, 1.54) is 14.2 Å². The second-order valence-electron chi connectivity index (χ2n) is 2.31. The first-order valence-electron chi connectivity index (χ1n) is 3.39. The smallest absolute Gasteiger partial charge is 0.298 e. The molecule has 0 unspecified atom stereocenters. The maximum Gasteiger partial charge on any atom is 0.298 e. The summed E-state index contributed by atoms with van der Waals surface area (Å²) in [5.74, 6) is 0.579. The van der Waals surface area contributed by atoms with Gasteiger partial charge in [0.25, 0.3) is 5.69 Å². The lowest BCUT2D eigenvalue weighted by molar-refractivity contribution is -0.429. The molecule has 4 heteroatoms. The fourth-order valence-corrected chi connectivity index (χ4v) is 1.26. The molecule has 64 valence electrons. The van der Waals surface area contributed by atoms with E-state index in [0.717, 1.165) is 9.23 Å². The molecule has 0 aliphatic rings. The van der Waals surface area contributed by atoms with E-state index < -0.39 is 0 Å². The molecule has 0 radical (unpaired) electrons. The molecule has 0 fully saturated rings. The number of ether oxygens (including phenoxy) is 1. The van der Waals surface area contributed by atoms with Gasteiger partial charge in [0.1, 0.15) is 0 Å². The van der Waals surface area contributed by atoms with Crippen LogP contribution in [0.5, 0.6) is 5.75 Å². The van der Waals surface area contributed by atoms with Crippen LogP contribution in [0.3, 0.4) is 0 Å². The summed E-state index contributed by atoms with van der Waals surface area (Å²) in [6.45, 7) is 0. The first kappa shape index (κ1) is 9.19. The van der Waals surface area contributed by atoms with E-state index in [0.29, 0.717) is 11.4 Å². The first-order valence-corrected chi connectivity index (χ1v) is 4.19. The van der Waals surface area contributed by atoms with Crippen LogP contribution in [0, 0.1) is 4.91 Å². The van der Waals surface area contributed by atoms with Gasteiger partial charge in [-0.05, 0) is 12.1 Å². The molecule has 0 spiro atoms. The van der Waals surface area contributed by atoms with Crippen LogP contribution >= 0.6 is 15.9 Å². The Kier molecular flexibility index (Phi) is 2.81. The molecule has 0 bridgehead atoms. The highest BCUT2D eigenvalue weighted by Crippen LogP contribution is 2.29. The number of halogens is 1. The van der Waals surface area contributed by atoms with Crippen LogP contribution in [0.25, 0.3) is 0 Å². The van der Waals surface area contributed by atoms with Gasteiger partial charge >= 0.3 is 0 Å². The van der Waals surface area contributed by atoms with Crippen LogP contribution in [0.1, 0.15) is 0 Å². The van der Waals surface area contributed by atoms with Crippen molar-refractivity contribution >= 4 is 21.6 Å². The zero-order valence-corrected chi connectivity index (χ0v) is 8.46. The lowest BCUT2D eigenvalue weighted by Crippen LogP contribution is -1.94. The molecule has 0 amide bonds. The van der Waals surface area contributed by atoms with Gasteiger partial charge in [-0.3, -0.25) is 0 Å². The standard InChI is InChI=1S/C8H9BrNO2/c1-10(11)7-5-6(9)3-4-8(7)12-2/h3-5H,1-2H3/q+1. The highest BCUT2D eigenvalue weighted by molar-refractivity contribution is 9.10. The molecule has 1 aromatic rings. The van der Waals surface area contributed by atoms with Crippen molar-refractivity contribution in [2.45, 2.75) is 0 Å². The van der Waals surface area contributed by atoms with E-state index in [4.69, 9.17) is 4.74 Å². The Labute approximate surface area is 79.0 Å². The van der Waals surface area contributed by atoms with Crippen molar-refractivity contribution in [3.8, 4) is 5.75 Å². The normalized spacial score (nSPS) is 9.58. The maximum atomic E-state index is 11.0. The third-order valence-electron chi connectivity index (χ3n) is 1.48. The number of methoxy groups -OCH3 is 1. The van der Waals surface area contributed by atoms with Gasteiger partial charge in [0.2, 0.25) is 0 Å². The summed E-state index contributed by atoms with van der Waals surface area (Å²) in [4.78, 5) is 11.0. The molecule has 0 aliphatic heterocycles. The topological polar surface area (TPSA) is 29.3 Å². The third kappa shape index (κ3) is 1.82. The lowest BCUT2D eigenvalue weighted by Gasteiger charge is -1.99. The maximum absolute atomic E-state index is 11.0. The molecular weight excluding hydrogens is 222 g/mol. The fourth-order valence-electron chi connectivity index (χ4n) is 0.909. The molecule has 12 heavy (non-hydrogen) atoms. The van der Waals surface area contributed by atoms with Crippen LogP contribution in [-0.4, -0.2) is 18.9 Å². The Morgan fingerprint density at radius 1 is 1.50 bits per heavy atom. The largest absolute Gasteiger partial charge is 0.490 e. The number of hydrogen-bond donors (Lipinski definition) is 0. The molecule has 1 rings (SSSR count). The van der Waals surface area contributed by atoms with Gasteiger partial charge < -0.3 is 4.74 Å². The van der Waals surface area contributed by atoms with Crippen molar-refractivity contribution < 1.29 is 9.50 Å². The van der Waals surface area contributed by atoms with Gasteiger partial charge in [-0.25, -0.2) is 0 Å². The lowest BCUT2D eigenvalue weighted by atomic mass is 10.3. The van der Waals surface area contributed by atoms with E-state index in [-0.39, 0.29) is 0 Å². The average Bonchev–Trinajstić information content (AvgIpc) is 2.04. The minimum Gasteiger partial charge on any atom is -0.490 e. The fraction of sp³-hybridized carbons (Fsp3) is 0.250. The Bertz CT molecular complexity index is 312. The molecule has 0 atom stereocenters. The second-order valence-corrected chi connectivity index (χ2v) is 3.23. The predicted octanol–water partition coefficient (Wildman–Crippen LogP) is 2.50. The minimum absolute atomic E-state index is 0.520. The number of hydrogen-bond acceptors (Lipinski definition) is 2. The molecule has 0 saturated carbocycles. The van der Waals surface area contributed by atoms with Gasteiger partial charge in [-0.1, -0.05) is 15.9 Å². The molecule has 1 aromatic carbocycles. The molecule has 0 N–H and O–H groups in total. The van der Waals surface area contributed by atoms with E-state index in [2.05, 4.69) is 15.9 Å². The summed E-state index contributed by atoms with van der Waals surface area (Å²) in [5.41, 5.74) is 0.520. The van der Waals surface area contributed by atoms with Gasteiger partial charge in [0, 0.05) is 20.2 Å². The van der Waals surface area contributed by atoms with Crippen molar-refractivity contribution in [1.82, 2.24) is 0 Å². The van der Waals surface area contributed by atoms with Crippen LogP contribution in [0.4, 0.5) is 5.69 Å². The predicted molar refractivity (Wildman–Crippen MR) is 49.9 cm³/mol. The Hall–Kier alpha value is -0.900. The molecule has 0 heterocycles. The van der Waals surface area contributed by atoms with Gasteiger partial charge in [0.15, 0.2) is 12.8 Å². The van der Waals surface area contributed by atoms with Crippen LogP contribution < -0.4 is 4.74 Å². The molecule has 0 saturated heterocycles. The quantitative estimate of drug-likeness (QED) is 0.731. The molecule has 0 aromatic heterocycles. The second kappa shape index (κ2) is 3.67. The summed E-state index contributed by atoms with van der Waals surface area (Å²) in [5, 5.41) is 0. The van der Waals surface area contributed by atoms with Crippen molar-refractivity contribution in [2.75, 3.05) is 14.2 Å². The number of rotatable bonds is 2. The highest BCUT2D eigenvalue weighted by Gasteiger charge is 2.14. The zero-order valence-electron chi connectivity index (χ0n) is 6.87. The van der Waals surface area contributed by atoms with Crippen molar-refractivity contribution in [3.05, 3.63) is 27.6 Å². The van der Waals surface area contributed by atoms with Crippen molar-refractivity contribution in [1.29, 1.82) is 0 Å². The van der Waals surface area contributed by atoms with Crippen LogP contribution in [0.15, 0.2) is 22.7 Å². The highest BCUT2D eigenvalue weighted by atomic mass is 79.9. The monoisotopic (exact) mass is 230 g/mol. The summed E-state index contributed by atoms with van der Waals surface area (Å²) >= 11 is 3.27. The van der Waals surface area contributed by atoms with Gasteiger partial charge in [-0.15, -0.1) is 0 Å². The van der Waals surface area contributed by atoms with Crippen molar-refractivity contribution in [2.24, 2.45) is 0 Å². The number of nitroso groups, excluding NO2 is 1. The summed E-state index contributed by atoms with van der Waals surface area (Å²) in [6, 6.07) is 5.28. The van der Waals surface area contributed by atoms with E-state index >= 15 is 0 Å². The van der Waals surface area contributed by atoms with E-state index in [9.17, 15) is 4.91 Å². The number of nitrogens with zero attached hydrogens (tertiary/aromatic N) is 1. The zero-order chi connectivity index (χ0) is 9.14. The summed E-state index contributed by atoms with van der Waals surface area (Å²) < 4.78 is 6.63. The van der Waals surface area contributed by atoms with E-state index in [1.54, 1.807) is 12.1 Å². The van der Waals surface area contributed by atoms with E-state index in [1.807, 2.05) is 6.07 Å². The van der Waals surface area contributed by atoms with Crippen molar-refractivity contribution in [3.63, 3.8) is 0 Å². The molecular formula is C8H9BrNO2+. The SMILES string of the molecule is COc1ccc(Br)cc1[N+](C)=O. The number of benzene rings is 1. The van der Waals surface area contributed by atoms with Crippen LogP contribution in [-0.2, 0) is 0 Å². The molecule has 3 nitrogen and oxygen atoms in total. The van der Waals surface area contributed by atoms with Crippen LogP contribution in [0.2, 0.25) is 0 Å². The Balaban J connectivity index is 3.21. The first-order chi connectivity index (χ1) is 5.65. The Morgan fingerprint density at radius 3 is 2.67 bits per heavy atom. The average molecular weight is 231 g/mol. The Morgan fingerprint density at radius 2 is 2.17 bits per heavy atom. The summed E-state index contributed by atoms with van der Waals surface area (Å²) in [7, 11) is 2.97. The minimum atomic E-state index is 0.520. The third-order valence-corrected chi connectivity index (χ3v) is 1.97. The summed E-state index contributed by atoms with van der Waals surface area (Å²) in [6.07, 6.45) is 0. The molecule has 0 aliphatic carbocycles.